The molecule has 0 aliphatic heterocycles. The highest BCUT2D eigenvalue weighted by Crippen LogP contribution is 2.32. The molecule has 0 aliphatic rings. The van der Waals surface area contributed by atoms with Crippen LogP contribution in [0.15, 0.2) is 72.8 Å². The Balaban J connectivity index is 0.000000386. The van der Waals surface area contributed by atoms with Crippen LogP contribution in [0.1, 0.15) is 38.8 Å². The van der Waals surface area contributed by atoms with Gasteiger partial charge < -0.3 is 34.6 Å². The van der Waals surface area contributed by atoms with E-state index in [0.29, 0.717) is 0 Å². The van der Waals surface area contributed by atoms with Gasteiger partial charge in [-0.15, -0.1) is 0 Å². The normalized spacial score (nSPS) is 12.4. The summed E-state index contributed by atoms with van der Waals surface area (Å²) in [5.41, 5.74) is 2.57. The van der Waals surface area contributed by atoms with Crippen molar-refractivity contribution in [2.24, 2.45) is 0 Å². The monoisotopic (exact) mass is 530 g/mol. The topological polar surface area (TPSA) is 143 Å². The van der Waals surface area contributed by atoms with E-state index in [4.69, 9.17) is 14.2 Å². The first-order valence-corrected chi connectivity index (χ1v) is 11.9. The summed E-state index contributed by atoms with van der Waals surface area (Å²) < 4.78 is 14.5. The van der Waals surface area contributed by atoms with Gasteiger partial charge >= 0.3 is 11.9 Å². The van der Waals surface area contributed by atoms with Crippen molar-refractivity contribution in [3.8, 4) is 11.5 Å². The van der Waals surface area contributed by atoms with Crippen LogP contribution in [0.3, 0.4) is 0 Å². The maximum absolute atomic E-state index is 11.1. The van der Waals surface area contributed by atoms with Crippen LogP contribution < -0.4 is 0 Å². The molecule has 0 heterocycles. The summed E-state index contributed by atoms with van der Waals surface area (Å²) in [6, 6.07) is 14.4. The van der Waals surface area contributed by atoms with Crippen molar-refractivity contribution in [3.05, 3.63) is 84.0 Å². The molecular formula is C29H38O9. The predicted octanol–water partition coefficient (Wildman–Crippen LogP) is 3.39. The minimum absolute atomic E-state index is 0.130. The Kier molecular flexibility index (Phi) is 13.3. The highest BCUT2D eigenvalue weighted by atomic mass is 16.6. The maximum Gasteiger partial charge on any atom is 0.333 e. The summed E-state index contributed by atoms with van der Waals surface area (Å²) in [7, 11) is 0. The van der Waals surface area contributed by atoms with Crippen molar-refractivity contribution in [1.29, 1.82) is 0 Å². The largest absolute Gasteiger partial charge is 0.508 e. The van der Waals surface area contributed by atoms with Gasteiger partial charge in [0.05, 0.1) is 13.2 Å². The molecule has 0 amide bonds. The molecule has 0 bridgehead atoms. The first-order valence-electron chi connectivity index (χ1n) is 11.9. The molecule has 0 saturated heterocycles. The molecule has 0 aromatic heterocycles. The Morgan fingerprint density at radius 3 is 1.32 bits per heavy atom. The third kappa shape index (κ3) is 11.6. The number of carbonyl (C=O) groups excluding carboxylic acids is 2. The predicted molar refractivity (Wildman–Crippen MR) is 143 cm³/mol. The minimum atomic E-state index is -1.02. The van der Waals surface area contributed by atoms with Gasteiger partial charge in [0.2, 0.25) is 0 Å². The van der Waals surface area contributed by atoms with E-state index in [-0.39, 0.29) is 54.5 Å². The van der Waals surface area contributed by atoms with E-state index in [9.17, 15) is 30.0 Å². The number of aliphatic hydroxyl groups excluding tert-OH is 2. The van der Waals surface area contributed by atoms with Crippen LogP contribution in [0.2, 0.25) is 0 Å². The number of aromatic hydroxyl groups is 2. The van der Waals surface area contributed by atoms with Crippen LogP contribution in [0.4, 0.5) is 0 Å². The molecule has 2 aromatic carbocycles. The van der Waals surface area contributed by atoms with E-state index in [0.717, 1.165) is 11.1 Å². The van der Waals surface area contributed by atoms with E-state index in [1.54, 1.807) is 24.3 Å². The molecule has 2 unspecified atom stereocenters. The third-order valence-electron chi connectivity index (χ3n) is 5.31. The number of phenolic OH excluding ortho intramolecular Hbond substituents is 2. The Morgan fingerprint density at radius 1 is 0.711 bits per heavy atom. The van der Waals surface area contributed by atoms with Crippen molar-refractivity contribution in [2.45, 2.75) is 45.3 Å². The number of hydrogen-bond donors (Lipinski definition) is 4. The second-order valence-corrected chi connectivity index (χ2v) is 9.32. The Morgan fingerprint density at radius 2 is 1.03 bits per heavy atom. The molecule has 2 aromatic rings. The summed E-state index contributed by atoms with van der Waals surface area (Å²) in [4.78, 5) is 22.1. The van der Waals surface area contributed by atoms with E-state index in [1.165, 1.54) is 13.8 Å². The molecular weight excluding hydrogens is 492 g/mol. The van der Waals surface area contributed by atoms with Crippen molar-refractivity contribution >= 4 is 11.9 Å². The molecule has 0 spiro atoms. The van der Waals surface area contributed by atoms with Gasteiger partial charge in [0.15, 0.2) is 0 Å². The van der Waals surface area contributed by atoms with E-state index < -0.39 is 24.1 Å². The molecule has 9 heteroatoms. The molecule has 2 rings (SSSR count). The number of rotatable bonds is 12. The average Bonchev–Trinajstić information content (AvgIpc) is 2.86. The van der Waals surface area contributed by atoms with Gasteiger partial charge in [0.25, 0.3) is 0 Å². The van der Waals surface area contributed by atoms with Crippen molar-refractivity contribution in [3.63, 3.8) is 0 Å². The lowest BCUT2D eigenvalue weighted by Gasteiger charge is -2.26. The summed E-state index contributed by atoms with van der Waals surface area (Å²) in [6.07, 6.45) is -2.03. The zero-order chi connectivity index (χ0) is 28.9. The van der Waals surface area contributed by atoms with E-state index in [1.807, 2.05) is 24.3 Å². The molecule has 9 nitrogen and oxygen atoms in total. The molecule has 0 aliphatic carbocycles. The second-order valence-electron chi connectivity index (χ2n) is 9.32. The molecule has 208 valence electrons. The summed E-state index contributed by atoms with van der Waals surface area (Å²) in [5, 5.41) is 37.5. The number of carbonyl (C=O) groups is 2. The fourth-order valence-electron chi connectivity index (χ4n) is 2.95. The van der Waals surface area contributed by atoms with Crippen LogP contribution >= 0.6 is 0 Å². The Bertz CT molecular complexity index is 973. The lowest BCUT2D eigenvalue weighted by Crippen LogP contribution is -2.28. The van der Waals surface area contributed by atoms with Gasteiger partial charge in [-0.3, -0.25) is 0 Å². The third-order valence-corrected chi connectivity index (χ3v) is 5.31. The first kappa shape index (κ1) is 32.4. The summed E-state index contributed by atoms with van der Waals surface area (Å²) >= 11 is 0. The van der Waals surface area contributed by atoms with Crippen LogP contribution in [0, 0.1) is 0 Å². The molecule has 0 saturated carbocycles. The number of ether oxygens (including phenoxy) is 3. The molecule has 0 fully saturated rings. The van der Waals surface area contributed by atoms with E-state index in [2.05, 4.69) is 27.0 Å². The molecule has 4 N–H and O–H groups in total. The van der Waals surface area contributed by atoms with Gasteiger partial charge in [0.1, 0.15) is 36.9 Å². The highest BCUT2D eigenvalue weighted by molar-refractivity contribution is 5.87. The number of esters is 2. The fraction of sp³-hybridized carbons (Fsp3) is 0.379. The fourth-order valence-corrected chi connectivity index (χ4v) is 2.95. The standard InChI is InChI=1S/C15H16O2.C14H22O7/c1-15(2,11-3-7-13(16)8-4-11)12-5-9-14(17)10-6-12;1-9(2)13(17)20-7-11(15)5-19-6-12(16)8-21-14(18)10(3)4/h3-10,16-17H,1-2H3;11-12,15-16H,1,3,5-8H2,2,4H3. The Labute approximate surface area is 223 Å². The van der Waals surface area contributed by atoms with E-state index >= 15 is 0 Å². The second kappa shape index (κ2) is 15.6. The number of hydrogen-bond acceptors (Lipinski definition) is 9. The summed E-state index contributed by atoms with van der Waals surface area (Å²) in [6.45, 7) is 13.3. The zero-order valence-corrected chi connectivity index (χ0v) is 22.3. The van der Waals surface area contributed by atoms with Gasteiger partial charge in [-0.05, 0) is 49.2 Å². The number of benzene rings is 2. The number of aliphatic hydroxyl groups is 2. The first-order chi connectivity index (χ1) is 17.7. The van der Waals surface area contributed by atoms with Gasteiger partial charge in [-0.2, -0.15) is 0 Å². The van der Waals surface area contributed by atoms with Gasteiger partial charge in [-0.25, -0.2) is 9.59 Å². The Hall–Kier alpha value is -3.66. The maximum atomic E-state index is 11.1. The van der Waals surface area contributed by atoms with Gasteiger partial charge in [-0.1, -0.05) is 51.3 Å². The molecule has 0 radical (unpaired) electrons. The zero-order valence-electron chi connectivity index (χ0n) is 22.3. The quantitative estimate of drug-likeness (QED) is 0.240. The molecule has 2 atom stereocenters. The average molecular weight is 531 g/mol. The number of phenols is 2. The summed E-state index contributed by atoms with van der Waals surface area (Å²) in [5.74, 6) is -0.646. The minimum Gasteiger partial charge on any atom is -0.508 e. The smallest absolute Gasteiger partial charge is 0.333 e. The highest BCUT2D eigenvalue weighted by Gasteiger charge is 2.22. The van der Waals surface area contributed by atoms with Crippen LogP contribution in [-0.2, 0) is 29.2 Å². The van der Waals surface area contributed by atoms with Crippen molar-refractivity contribution in [2.75, 3.05) is 26.4 Å². The van der Waals surface area contributed by atoms with Crippen molar-refractivity contribution in [1.82, 2.24) is 0 Å². The SMILES string of the molecule is C=C(C)C(=O)OCC(O)COCC(O)COC(=O)C(=C)C.CC(C)(c1ccc(O)cc1)c1ccc(O)cc1. The molecule has 38 heavy (non-hydrogen) atoms. The van der Waals surface area contributed by atoms with Gasteiger partial charge in [0, 0.05) is 16.6 Å². The lowest BCUT2D eigenvalue weighted by atomic mass is 9.78. The van der Waals surface area contributed by atoms with Crippen LogP contribution in [0.5, 0.6) is 11.5 Å². The lowest BCUT2D eigenvalue weighted by molar-refractivity contribution is -0.144. The van der Waals surface area contributed by atoms with Crippen LogP contribution in [-0.4, -0.2) is 71.0 Å². The van der Waals surface area contributed by atoms with Crippen LogP contribution in [0.25, 0.3) is 0 Å². The van der Waals surface area contributed by atoms with Crippen molar-refractivity contribution < 1.29 is 44.2 Å².